The molecule has 3 aliphatic rings. The van der Waals surface area contributed by atoms with Crippen LogP contribution in [0.2, 0.25) is 0 Å². The molecule has 0 bridgehead atoms. The molecule has 4 nitrogen and oxygen atoms in total. The number of rotatable bonds is 0. The molecule has 0 aromatic heterocycles. The molecule has 16 heavy (non-hydrogen) atoms. The van der Waals surface area contributed by atoms with Crippen molar-refractivity contribution in [2.75, 3.05) is 33.4 Å². The van der Waals surface area contributed by atoms with Crippen molar-refractivity contribution in [1.82, 2.24) is 4.90 Å². The maximum absolute atomic E-state index is 6.20. The molecule has 92 valence electrons. The van der Waals surface area contributed by atoms with Crippen LogP contribution in [0.15, 0.2) is 0 Å². The van der Waals surface area contributed by atoms with E-state index >= 15 is 0 Å². The number of hydrogen-bond donors (Lipinski definition) is 0. The molecular formula is C12H21NO3. The molecule has 2 spiro atoms. The van der Waals surface area contributed by atoms with Gasteiger partial charge in [-0.25, -0.2) is 0 Å². The molecule has 0 aliphatic carbocycles. The Morgan fingerprint density at radius 3 is 2.38 bits per heavy atom. The zero-order chi connectivity index (χ0) is 11.2. The Hall–Kier alpha value is -0.160. The highest BCUT2D eigenvalue weighted by atomic mass is 16.8. The largest absolute Gasteiger partial charge is 0.366 e. The minimum Gasteiger partial charge on any atom is -0.366 e. The van der Waals surface area contributed by atoms with Crippen LogP contribution in [0.25, 0.3) is 0 Å². The van der Waals surface area contributed by atoms with E-state index in [1.165, 1.54) is 0 Å². The van der Waals surface area contributed by atoms with Crippen LogP contribution in [-0.4, -0.2) is 55.7 Å². The Kier molecular flexibility index (Phi) is 2.51. The number of nitrogens with zero attached hydrogens (tertiary/aromatic N) is 1. The highest BCUT2D eigenvalue weighted by Crippen LogP contribution is 2.47. The molecule has 1 unspecified atom stereocenters. The van der Waals surface area contributed by atoms with Gasteiger partial charge in [0.1, 0.15) is 6.10 Å². The zero-order valence-electron chi connectivity index (χ0n) is 10.2. The van der Waals surface area contributed by atoms with Crippen molar-refractivity contribution in [1.29, 1.82) is 0 Å². The van der Waals surface area contributed by atoms with Gasteiger partial charge < -0.3 is 19.1 Å². The Balaban J connectivity index is 1.75. The fraction of sp³-hybridized carbons (Fsp3) is 1.00. The van der Waals surface area contributed by atoms with Gasteiger partial charge in [-0.3, -0.25) is 0 Å². The summed E-state index contributed by atoms with van der Waals surface area (Å²) in [7, 11) is 2.17. The third-order valence-corrected chi connectivity index (χ3v) is 4.29. The summed E-state index contributed by atoms with van der Waals surface area (Å²) < 4.78 is 17.8. The summed E-state index contributed by atoms with van der Waals surface area (Å²) in [6, 6.07) is 0. The van der Waals surface area contributed by atoms with Crippen molar-refractivity contribution in [3.63, 3.8) is 0 Å². The lowest BCUT2D eigenvalue weighted by molar-refractivity contribution is -0.186. The summed E-state index contributed by atoms with van der Waals surface area (Å²) >= 11 is 0. The van der Waals surface area contributed by atoms with Gasteiger partial charge in [-0.15, -0.1) is 0 Å². The van der Waals surface area contributed by atoms with Crippen molar-refractivity contribution in [2.45, 2.75) is 43.7 Å². The van der Waals surface area contributed by atoms with Gasteiger partial charge in [0, 0.05) is 19.5 Å². The van der Waals surface area contributed by atoms with Gasteiger partial charge in [0.05, 0.1) is 18.8 Å². The topological polar surface area (TPSA) is 30.9 Å². The summed E-state index contributed by atoms with van der Waals surface area (Å²) in [5.41, 5.74) is 0.0102. The number of hydrogen-bond acceptors (Lipinski definition) is 4. The molecule has 3 aliphatic heterocycles. The minimum atomic E-state index is -0.435. The van der Waals surface area contributed by atoms with Crippen LogP contribution in [0.1, 0.15) is 26.2 Å². The summed E-state index contributed by atoms with van der Waals surface area (Å²) in [6.07, 6.45) is 3.18. The molecule has 1 atom stereocenters. The van der Waals surface area contributed by atoms with E-state index in [0.717, 1.165) is 32.4 Å². The highest BCUT2D eigenvalue weighted by molar-refractivity contribution is 5.02. The van der Waals surface area contributed by atoms with E-state index in [1.807, 2.05) is 0 Å². The average Bonchev–Trinajstić information content (AvgIpc) is 2.81. The fourth-order valence-electron chi connectivity index (χ4n) is 3.23. The quantitative estimate of drug-likeness (QED) is 0.618. The first-order chi connectivity index (χ1) is 7.64. The third-order valence-electron chi connectivity index (χ3n) is 4.29. The summed E-state index contributed by atoms with van der Waals surface area (Å²) in [5.74, 6) is -0.435. The minimum absolute atomic E-state index is 0.0102. The van der Waals surface area contributed by atoms with E-state index in [9.17, 15) is 0 Å². The van der Waals surface area contributed by atoms with Crippen LogP contribution in [0, 0.1) is 0 Å². The van der Waals surface area contributed by atoms with E-state index < -0.39 is 5.79 Å². The molecule has 0 saturated carbocycles. The normalized spacial score (nSPS) is 37.5. The van der Waals surface area contributed by atoms with Crippen molar-refractivity contribution < 1.29 is 14.2 Å². The molecule has 0 radical (unpaired) electrons. The van der Waals surface area contributed by atoms with E-state index in [2.05, 4.69) is 18.9 Å². The fourth-order valence-corrected chi connectivity index (χ4v) is 3.23. The first kappa shape index (κ1) is 11.0. The van der Waals surface area contributed by atoms with E-state index in [-0.39, 0.29) is 11.7 Å². The Morgan fingerprint density at radius 2 is 1.75 bits per heavy atom. The molecular weight excluding hydrogens is 206 g/mol. The molecule has 3 saturated heterocycles. The lowest BCUT2D eigenvalue weighted by Gasteiger charge is -2.37. The van der Waals surface area contributed by atoms with E-state index in [4.69, 9.17) is 14.2 Å². The van der Waals surface area contributed by atoms with Crippen molar-refractivity contribution >= 4 is 0 Å². The smallest absolute Gasteiger partial charge is 0.197 e. The Morgan fingerprint density at radius 1 is 1.12 bits per heavy atom. The van der Waals surface area contributed by atoms with Crippen molar-refractivity contribution in [3.8, 4) is 0 Å². The van der Waals surface area contributed by atoms with Gasteiger partial charge >= 0.3 is 0 Å². The summed E-state index contributed by atoms with van der Waals surface area (Å²) in [5, 5.41) is 0. The molecule has 3 heterocycles. The van der Waals surface area contributed by atoms with Crippen LogP contribution >= 0.6 is 0 Å². The van der Waals surface area contributed by atoms with Crippen LogP contribution in [-0.2, 0) is 14.2 Å². The Bertz CT molecular complexity index is 267. The van der Waals surface area contributed by atoms with Crippen molar-refractivity contribution in [2.24, 2.45) is 0 Å². The second-order valence-electron chi connectivity index (χ2n) is 5.43. The molecule has 0 aromatic rings. The first-order valence-electron chi connectivity index (χ1n) is 6.29. The third kappa shape index (κ3) is 1.59. The lowest BCUT2D eigenvalue weighted by atomic mass is 9.86. The Labute approximate surface area is 96.8 Å². The van der Waals surface area contributed by atoms with Crippen LogP contribution in [0.4, 0.5) is 0 Å². The SMILES string of the molecule is CC1OC2(CCN(C)CC2)CC12OCCO2. The number of likely N-dealkylation sites (tertiary alicyclic amines) is 1. The maximum atomic E-state index is 6.20. The van der Waals surface area contributed by atoms with Gasteiger partial charge in [0.15, 0.2) is 5.79 Å². The van der Waals surface area contributed by atoms with Crippen molar-refractivity contribution in [3.05, 3.63) is 0 Å². The molecule has 0 aromatic carbocycles. The van der Waals surface area contributed by atoms with Crippen LogP contribution in [0.5, 0.6) is 0 Å². The zero-order valence-corrected chi connectivity index (χ0v) is 10.2. The van der Waals surface area contributed by atoms with Gasteiger partial charge in [-0.2, -0.15) is 0 Å². The van der Waals surface area contributed by atoms with E-state index in [1.54, 1.807) is 0 Å². The monoisotopic (exact) mass is 227 g/mol. The molecule has 3 fully saturated rings. The van der Waals surface area contributed by atoms with Gasteiger partial charge in [-0.1, -0.05) is 0 Å². The van der Waals surface area contributed by atoms with Crippen LogP contribution in [0.3, 0.4) is 0 Å². The summed E-state index contributed by atoms with van der Waals surface area (Å²) in [6.45, 7) is 5.73. The summed E-state index contributed by atoms with van der Waals surface area (Å²) in [4.78, 5) is 2.36. The van der Waals surface area contributed by atoms with E-state index in [0.29, 0.717) is 13.2 Å². The van der Waals surface area contributed by atoms with Gasteiger partial charge in [0.2, 0.25) is 0 Å². The number of piperidine rings is 1. The van der Waals surface area contributed by atoms with Gasteiger partial charge in [0.25, 0.3) is 0 Å². The predicted octanol–water partition coefficient (Wildman–Crippen LogP) is 1.00. The predicted molar refractivity (Wildman–Crippen MR) is 59.3 cm³/mol. The maximum Gasteiger partial charge on any atom is 0.197 e. The van der Waals surface area contributed by atoms with Crippen LogP contribution < -0.4 is 0 Å². The molecule has 0 amide bonds. The second kappa shape index (κ2) is 3.67. The second-order valence-corrected chi connectivity index (χ2v) is 5.43. The highest BCUT2D eigenvalue weighted by Gasteiger charge is 2.58. The number of ether oxygens (including phenoxy) is 3. The molecule has 4 heteroatoms. The average molecular weight is 227 g/mol. The first-order valence-corrected chi connectivity index (χ1v) is 6.29. The van der Waals surface area contributed by atoms with Gasteiger partial charge in [-0.05, 0) is 26.8 Å². The lowest BCUT2D eigenvalue weighted by Crippen LogP contribution is -2.43. The standard InChI is InChI=1S/C12H21NO3/c1-10-12(14-7-8-15-12)9-11(16-10)3-5-13(2)6-4-11/h10H,3-9H2,1-2H3. The molecule has 3 rings (SSSR count). The molecule has 0 N–H and O–H groups in total.